The van der Waals surface area contributed by atoms with Gasteiger partial charge in [0.15, 0.2) is 0 Å². The van der Waals surface area contributed by atoms with Crippen molar-refractivity contribution in [3.8, 4) is 22.3 Å². The number of benzene rings is 13. The van der Waals surface area contributed by atoms with Crippen LogP contribution in [0.5, 0.6) is 0 Å². The molecule has 15 aromatic carbocycles. The SMILES string of the molecule is c1ccc(-c2c3c4cccc5c(N6c7ccccc7Sc7cc8c(cc76)sc6ccccc68)ccc(c3c(-c3ccccc3)c3c6cccc7c(N8c9ccccc9Sc9cc%10c(cc98)sc8ccccc8%10)ccc(c23)c76)c54)cc1. The molecule has 80 heavy (non-hydrogen) atoms. The number of nitrogens with zero attached hydrogens (tertiary/aromatic N) is 2. The third kappa shape index (κ3) is 5.90. The van der Waals surface area contributed by atoms with Crippen LogP contribution in [0.4, 0.5) is 34.1 Å². The van der Waals surface area contributed by atoms with Gasteiger partial charge in [-0.1, -0.05) is 193 Å². The lowest BCUT2D eigenvalue weighted by Gasteiger charge is -2.34. The van der Waals surface area contributed by atoms with E-state index in [1.54, 1.807) is 0 Å². The van der Waals surface area contributed by atoms with E-state index in [2.05, 4.69) is 252 Å². The van der Waals surface area contributed by atoms with Crippen LogP contribution in [0.1, 0.15) is 0 Å². The number of hydrogen-bond donors (Lipinski definition) is 0. The summed E-state index contributed by atoms with van der Waals surface area (Å²) in [6.45, 7) is 0. The highest BCUT2D eigenvalue weighted by Crippen LogP contribution is 2.61. The average Bonchev–Trinajstić information content (AvgIpc) is 4.44. The van der Waals surface area contributed by atoms with Gasteiger partial charge in [0.2, 0.25) is 0 Å². The fourth-order valence-corrected chi connectivity index (χ4v) is 18.5. The van der Waals surface area contributed by atoms with Gasteiger partial charge in [0, 0.05) is 70.7 Å². The zero-order valence-electron chi connectivity index (χ0n) is 42.6. The van der Waals surface area contributed by atoms with Crippen LogP contribution >= 0.6 is 46.2 Å². The van der Waals surface area contributed by atoms with Gasteiger partial charge in [-0.3, -0.25) is 0 Å². The smallest absolute Gasteiger partial charge is 0.0616 e. The number of hydrogen-bond acceptors (Lipinski definition) is 6. The predicted octanol–water partition coefficient (Wildman–Crippen LogP) is 23.4. The monoisotopic (exact) mass is 1080 g/mol. The summed E-state index contributed by atoms with van der Waals surface area (Å²) in [6, 6.07) is 91.9. The Morgan fingerprint density at radius 3 is 1.05 bits per heavy atom. The van der Waals surface area contributed by atoms with Gasteiger partial charge in [0.1, 0.15) is 0 Å². The molecule has 0 amide bonds. The lowest BCUT2D eigenvalue weighted by Crippen LogP contribution is -2.15. The van der Waals surface area contributed by atoms with Gasteiger partial charge in [0.05, 0.1) is 34.1 Å². The molecule has 0 unspecified atom stereocenters. The zero-order valence-corrected chi connectivity index (χ0v) is 45.9. The van der Waals surface area contributed by atoms with Crippen LogP contribution in [0.3, 0.4) is 0 Å². The summed E-state index contributed by atoms with van der Waals surface area (Å²) in [4.78, 5) is 10.2. The van der Waals surface area contributed by atoms with Crippen LogP contribution in [0.25, 0.3) is 127 Å². The first-order valence-electron chi connectivity index (χ1n) is 27.2. The first kappa shape index (κ1) is 44.0. The number of rotatable bonds is 4. The molecule has 2 nitrogen and oxygen atoms in total. The highest BCUT2D eigenvalue weighted by Gasteiger charge is 2.33. The molecule has 0 saturated carbocycles. The van der Waals surface area contributed by atoms with Gasteiger partial charge < -0.3 is 9.80 Å². The number of para-hydroxylation sites is 2. The molecule has 0 spiro atoms. The van der Waals surface area contributed by atoms with Gasteiger partial charge in [0.25, 0.3) is 0 Å². The summed E-state index contributed by atoms with van der Waals surface area (Å²) in [7, 11) is 0. The van der Waals surface area contributed by atoms with E-state index in [0.717, 1.165) is 0 Å². The molecule has 0 bridgehead atoms. The van der Waals surface area contributed by atoms with Crippen LogP contribution in [0.15, 0.2) is 262 Å². The van der Waals surface area contributed by atoms with Crippen LogP contribution in [-0.2, 0) is 0 Å². The van der Waals surface area contributed by atoms with Crippen molar-refractivity contribution in [1.29, 1.82) is 0 Å². The molecule has 370 valence electrons. The fourth-order valence-electron chi connectivity index (χ4n) is 14.1. The number of anilines is 6. The lowest BCUT2D eigenvalue weighted by atomic mass is 9.87. The Hall–Kier alpha value is -8.88. The molecule has 2 aliphatic heterocycles. The van der Waals surface area contributed by atoms with Crippen LogP contribution in [-0.4, -0.2) is 0 Å². The zero-order chi connectivity index (χ0) is 51.9. The quantitative estimate of drug-likeness (QED) is 0.173. The Kier molecular flexibility index (Phi) is 9.00. The summed E-state index contributed by atoms with van der Waals surface area (Å²) in [5.74, 6) is 0. The Morgan fingerprint density at radius 2 is 0.588 bits per heavy atom. The van der Waals surface area contributed by atoms with E-state index in [1.807, 2.05) is 46.2 Å². The number of fused-ring (bicyclic) bond motifs is 16. The molecule has 0 aliphatic carbocycles. The highest BCUT2D eigenvalue weighted by atomic mass is 32.2. The first-order valence-corrected chi connectivity index (χ1v) is 30.5. The van der Waals surface area contributed by atoms with Crippen molar-refractivity contribution in [2.75, 3.05) is 9.80 Å². The normalized spacial score (nSPS) is 13.3. The van der Waals surface area contributed by atoms with Crippen molar-refractivity contribution >= 4 is 185 Å². The minimum absolute atomic E-state index is 1.19. The topological polar surface area (TPSA) is 6.48 Å². The van der Waals surface area contributed by atoms with Crippen LogP contribution < -0.4 is 9.80 Å². The molecule has 4 heterocycles. The second-order valence-electron chi connectivity index (χ2n) is 21.3. The van der Waals surface area contributed by atoms with Gasteiger partial charge in [-0.25, -0.2) is 0 Å². The van der Waals surface area contributed by atoms with E-state index in [-0.39, 0.29) is 0 Å². The van der Waals surface area contributed by atoms with E-state index < -0.39 is 0 Å². The Balaban J connectivity index is 0.919. The fraction of sp³-hybridized carbons (Fsp3) is 0. The molecule has 0 atom stereocenters. The third-order valence-corrected chi connectivity index (χ3v) is 21.8. The highest BCUT2D eigenvalue weighted by molar-refractivity contribution is 8.00. The van der Waals surface area contributed by atoms with Crippen molar-refractivity contribution in [1.82, 2.24) is 0 Å². The maximum Gasteiger partial charge on any atom is 0.0616 e. The van der Waals surface area contributed by atoms with E-state index >= 15 is 0 Å². The van der Waals surface area contributed by atoms with Gasteiger partial charge in [-0.05, 0) is 149 Å². The van der Waals surface area contributed by atoms with Crippen LogP contribution in [0, 0.1) is 0 Å². The predicted molar refractivity (Wildman–Crippen MR) is 348 cm³/mol. The third-order valence-electron chi connectivity index (χ3n) is 17.3. The van der Waals surface area contributed by atoms with Crippen molar-refractivity contribution in [2.45, 2.75) is 19.6 Å². The second kappa shape index (κ2) is 16.4. The summed E-state index contributed by atoms with van der Waals surface area (Å²) in [5.41, 5.74) is 12.3. The molecular weight excluding hydrogens is 1050 g/mol. The summed E-state index contributed by atoms with van der Waals surface area (Å²) >= 11 is 7.56. The van der Waals surface area contributed by atoms with Gasteiger partial charge >= 0.3 is 0 Å². The molecule has 2 aliphatic rings. The van der Waals surface area contributed by atoms with E-state index in [9.17, 15) is 0 Å². The van der Waals surface area contributed by atoms with E-state index in [4.69, 9.17) is 0 Å². The maximum absolute atomic E-state index is 2.56. The average molecular weight is 1090 g/mol. The largest absolute Gasteiger partial charge is 0.308 e. The molecular formula is C74H40N2S4. The lowest BCUT2D eigenvalue weighted by molar-refractivity contribution is 1.18. The van der Waals surface area contributed by atoms with Gasteiger partial charge in [-0.15, -0.1) is 22.7 Å². The van der Waals surface area contributed by atoms with E-state index in [0.29, 0.717) is 0 Å². The maximum atomic E-state index is 2.56. The van der Waals surface area contributed by atoms with Crippen molar-refractivity contribution in [3.05, 3.63) is 243 Å². The second-order valence-corrected chi connectivity index (χ2v) is 25.7. The van der Waals surface area contributed by atoms with Gasteiger partial charge in [-0.2, -0.15) is 0 Å². The minimum Gasteiger partial charge on any atom is -0.308 e. The standard InChI is InChI=1S/C74H40N2S4/c1-3-17-41(18-4-1)67-71-47-25-15-23-45-54(76-56-28-10-14-32-62(56)80-66-38-52-44-22-8-12-30-60(44)78-64(52)40-58(66)76)36-34-50(69(45)47)74(71)68(42-19-5-2-6-20-42)72-48-26-16-24-46-53(35-33-49(70(46)48)73(67)72)75-55-27-9-13-31-61(55)79-65-37-51-43-21-7-11-29-59(43)77-63(51)39-57(65)75/h1-40H. The molecule has 19 rings (SSSR count). The molecule has 17 aromatic rings. The van der Waals surface area contributed by atoms with Crippen LogP contribution in [0.2, 0.25) is 0 Å². The number of thiophene rings is 2. The van der Waals surface area contributed by atoms with Crippen molar-refractivity contribution < 1.29 is 0 Å². The Labute approximate surface area is 476 Å². The van der Waals surface area contributed by atoms with Crippen molar-refractivity contribution in [3.63, 3.8) is 0 Å². The summed E-state index contributed by atoms with van der Waals surface area (Å²) in [5, 5.41) is 20.8. The Bertz CT molecular complexity index is 5110. The molecule has 0 N–H and O–H groups in total. The molecule has 0 radical (unpaired) electrons. The minimum atomic E-state index is 1.19. The first-order chi connectivity index (χ1) is 39.7. The summed E-state index contributed by atoms with van der Waals surface area (Å²) < 4.78 is 5.26. The van der Waals surface area contributed by atoms with E-state index in [1.165, 1.54) is 181 Å². The Morgan fingerprint density at radius 1 is 0.212 bits per heavy atom. The van der Waals surface area contributed by atoms with Crippen molar-refractivity contribution in [2.24, 2.45) is 0 Å². The molecule has 0 saturated heterocycles. The molecule has 0 fully saturated rings. The summed E-state index contributed by atoms with van der Waals surface area (Å²) in [6.07, 6.45) is 0. The molecule has 6 heteroatoms. The molecule has 2 aromatic heterocycles.